The molecule has 0 amide bonds. The number of epoxide rings is 1. The second-order valence-electron chi connectivity index (χ2n) is 7.02. The minimum Gasteiger partial charge on any atom is -0.376 e. The first-order valence-electron chi connectivity index (χ1n) is 8.11. The fourth-order valence-corrected chi connectivity index (χ4v) is 2.62. The molecule has 0 aromatic carbocycles. The molecule has 1 fully saturated rings. The summed E-state index contributed by atoms with van der Waals surface area (Å²) >= 11 is 7.06. The molecular formula is C17H30Br2O4. The molecule has 2 atom stereocenters. The molecule has 0 N–H and O–H groups in total. The highest BCUT2D eigenvalue weighted by atomic mass is 79.9. The van der Waals surface area contributed by atoms with E-state index in [0.29, 0.717) is 25.9 Å². The Balaban J connectivity index is 2.49. The van der Waals surface area contributed by atoms with Gasteiger partial charge in [0.25, 0.3) is 0 Å². The molecule has 1 saturated heterocycles. The van der Waals surface area contributed by atoms with Crippen molar-refractivity contribution in [1.82, 2.24) is 0 Å². The number of hydrogen-bond acceptors (Lipinski definition) is 4. The van der Waals surface area contributed by atoms with Crippen molar-refractivity contribution >= 4 is 31.9 Å². The molecule has 2 unspecified atom stereocenters. The third kappa shape index (κ3) is 8.45. The van der Waals surface area contributed by atoms with Crippen molar-refractivity contribution < 1.29 is 18.9 Å². The van der Waals surface area contributed by atoms with Gasteiger partial charge in [0, 0.05) is 22.0 Å². The summed E-state index contributed by atoms with van der Waals surface area (Å²) in [6.45, 7) is 14.9. The van der Waals surface area contributed by atoms with E-state index >= 15 is 0 Å². The molecule has 136 valence electrons. The minimum atomic E-state index is -0.403. The molecule has 23 heavy (non-hydrogen) atoms. The Hall–Kier alpha value is 0.540. The molecule has 0 aromatic rings. The van der Waals surface area contributed by atoms with E-state index in [0.717, 1.165) is 22.0 Å². The van der Waals surface area contributed by atoms with Crippen molar-refractivity contribution in [3.05, 3.63) is 8.96 Å². The number of halogens is 2. The predicted molar refractivity (Wildman–Crippen MR) is 100 cm³/mol. The van der Waals surface area contributed by atoms with Crippen LogP contribution in [0.4, 0.5) is 0 Å². The van der Waals surface area contributed by atoms with Crippen molar-refractivity contribution in [2.24, 2.45) is 0 Å². The quantitative estimate of drug-likeness (QED) is 0.418. The average Bonchev–Trinajstić information content (AvgIpc) is 3.24. The van der Waals surface area contributed by atoms with Gasteiger partial charge in [0.05, 0.1) is 43.2 Å². The number of rotatable bonds is 11. The Morgan fingerprint density at radius 1 is 1.17 bits per heavy atom. The van der Waals surface area contributed by atoms with E-state index in [-0.39, 0.29) is 11.7 Å². The maximum Gasteiger partial charge on any atom is 0.0889 e. The van der Waals surface area contributed by atoms with E-state index in [1.165, 1.54) is 0 Å². The largest absolute Gasteiger partial charge is 0.376 e. The molecule has 1 aliphatic heterocycles. The van der Waals surface area contributed by atoms with E-state index in [2.05, 4.69) is 66.5 Å². The Bertz CT molecular complexity index is 403. The maximum atomic E-state index is 6.24. The van der Waals surface area contributed by atoms with Gasteiger partial charge in [-0.15, -0.1) is 0 Å². The fraction of sp³-hybridized carbons (Fsp3) is 0.882. The van der Waals surface area contributed by atoms with Crippen molar-refractivity contribution in [3.8, 4) is 0 Å². The van der Waals surface area contributed by atoms with Crippen molar-refractivity contribution in [3.63, 3.8) is 0 Å². The highest BCUT2D eigenvalue weighted by Gasteiger charge is 2.37. The zero-order valence-electron chi connectivity index (χ0n) is 15.1. The average molecular weight is 458 g/mol. The van der Waals surface area contributed by atoms with Crippen LogP contribution in [0.1, 0.15) is 48.0 Å². The smallest absolute Gasteiger partial charge is 0.0889 e. The van der Waals surface area contributed by atoms with E-state index in [1.54, 1.807) is 0 Å². The summed E-state index contributed by atoms with van der Waals surface area (Å²) < 4.78 is 24.9. The van der Waals surface area contributed by atoms with E-state index in [1.807, 2.05) is 6.92 Å². The second-order valence-corrected chi connectivity index (χ2v) is 8.93. The monoisotopic (exact) mass is 456 g/mol. The maximum absolute atomic E-state index is 6.24. The minimum absolute atomic E-state index is 0.0396. The van der Waals surface area contributed by atoms with Crippen LogP contribution in [-0.4, -0.2) is 49.8 Å². The van der Waals surface area contributed by atoms with Crippen LogP contribution in [0, 0.1) is 0 Å². The van der Waals surface area contributed by atoms with Crippen LogP contribution in [0.3, 0.4) is 0 Å². The fourth-order valence-electron chi connectivity index (χ4n) is 2.12. The van der Waals surface area contributed by atoms with Crippen LogP contribution in [0.5, 0.6) is 0 Å². The van der Waals surface area contributed by atoms with Gasteiger partial charge in [-0.3, -0.25) is 0 Å². The second kappa shape index (κ2) is 9.30. The van der Waals surface area contributed by atoms with Gasteiger partial charge in [0.2, 0.25) is 0 Å². The highest BCUT2D eigenvalue weighted by molar-refractivity contribution is 9.14. The normalized spacial score (nSPS) is 21.1. The zero-order chi connectivity index (χ0) is 17.7. The van der Waals surface area contributed by atoms with Crippen molar-refractivity contribution in [2.45, 2.75) is 71.4 Å². The van der Waals surface area contributed by atoms with Crippen LogP contribution in [0.25, 0.3) is 0 Å². The lowest BCUT2D eigenvalue weighted by molar-refractivity contribution is -0.164. The van der Waals surface area contributed by atoms with Crippen LogP contribution >= 0.6 is 31.9 Å². The molecule has 0 saturated carbocycles. The van der Waals surface area contributed by atoms with E-state index in [4.69, 9.17) is 18.9 Å². The zero-order valence-corrected chi connectivity index (χ0v) is 18.3. The van der Waals surface area contributed by atoms with Gasteiger partial charge in [0.15, 0.2) is 0 Å². The lowest BCUT2D eigenvalue weighted by atomic mass is 9.98. The van der Waals surface area contributed by atoms with Crippen molar-refractivity contribution in [1.29, 1.82) is 0 Å². The summed E-state index contributed by atoms with van der Waals surface area (Å²) in [6.07, 6.45) is 1.23. The molecule has 1 heterocycles. The molecule has 0 radical (unpaired) electrons. The van der Waals surface area contributed by atoms with Gasteiger partial charge < -0.3 is 18.9 Å². The van der Waals surface area contributed by atoms with Gasteiger partial charge in [0.1, 0.15) is 0 Å². The number of hydrogen-bond donors (Lipinski definition) is 0. The molecule has 0 bridgehead atoms. The van der Waals surface area contributed by atoms with Gasteiger partial charge >= 0.3 is 0 Å². The topological polar surface area (TPSA) is 40.2 Å². The Labute approximate surface area is 157 Å². The molecule has 0 aromatic heterocycles. The van der Waals surface area contributed by atoms with Crippen LogP contribution in [0.2, 0.25) is 0 Å². The molecule has 6 heteroatoms. The summed E-state index contributed by atoms with van der Waals surface area (Å²) in [5.74, 6) is 0. The van der Waals surface area contributed by atoms with Gasteiger partial charge in [-0.2, -0.15) is 0 Å². The van der Waals surface area contributed by atoms with Crippen LogP contribution < -0.4 is 0 Å². The first kappa shape index (κ1) is 21.6. The summed E-state index contributed by atoms with van der Waals surface area (Å²) in [4.78, 5) is 0. The highest BCUT2D eigenvalue weighted by Crippen LogP contribution is 2.30. The molecule has 0 spiro atoms. The van der Waals surface area contributed by atoms with Crippen LogP contribution in [0.15, 0.2) is 8.96 Å². The Morgan fingerprint density at radius 3 is 2.26 bits per heavy atom. The SMILES string of the molecule is CCOC/C(Br)=C(\Br)COC(C)(C)C(C)OC(C)(C)CC1CO1. The third-order valence-corrected chi connectivity index (χ3v) is 5.84. The molecule has 1 rings (SSSR count). The van der Waals surface area contributed by atoms with E-state index < -0.39 is 5.60 Å². The Kier molecular flexibility index (Phi) is 8.72. The standard InChI is InChI=1S/C17H30Br2O4/c1-7-20-10-14(18)15(19)11-22-17(5,6)12(2)23-16(3,4)8-13-9-21-13/h12-13H,7-11H2,1-6H3/b15-14+. The summed E-state index contributed by atoms with van der Waals surface area (Å²) in [6, 6.07) is 0. The van der Waals surface area contributed by atoms with Gasteiger partial charge in [-0.05, 0) is 41.5 Å². The molecule has 0 aliphatic carbocycles. The first-order chi connectivity index (χ1) is 10.6. The van der Waals surface area contributed by atoms with Crippen LogP contribution in [-0.2, 0) is 18.9 Å². The van der Waals surface area contributed by atoms with Gasteiger partial charge in [-0.25, -0.2) is 0 Å². The lowest BCUT2D eigenvalue weighted by Crippen LogP contribution is -2.44. The van der Waals surface area contributed by atoms with Crippen molar-refractivity contribution in [2.75, 3.05) is 26.4 Å². The molecular weight excluding hydrogens is 428 g/mol. The first-order valence-corrected chi connectivity index (χ1v) is 9.70. The number of ether oxygens (including phenoxy) is 4. The summed E-state index contributed by atoms with van der Waals surface area (Å²) in [5.41, 5.74) is -0.622. The molecule has 4 nitrogen and oxygen atoms in total. The predicted octanol–water partition coefficient (Wildman–Crippen LogP) is 4.79. The van der Waals surface area contributed by atoms with E-state index in [9.17, 15) is 0 Å². The van der Waals surface area contributed by atoms with Gasteiger partial charge in [-0.1, -0.05) is 31.9 Å². The Morgan fingerprint density at radius 2 is 1.74 bits per heavy atom. The summed E-state index contributed by atoms with van der Waals surface area (Å²) in [7, 11) is 0. The third-order valence-electron chi connectivity index (χ3n) is 3.89. The molecule has 1 aliphatic rings. The summed E-state index contributed by atoms with van der Waals surface area (Å²) in [5, 5.41) is 0. The lowest BCUT2D eigenvalue weighted by Gasteiger charge is -2.37.